The standard InChI is InChI=1S/C13H19NO4/c1-16-12-3-2-9(11(15)7-14)6-13(12)18-10-4-5-17-8-10/h2-3,6,10-11,15H,4-5,7-8,14H2,1H3. The van der Waals surface area contributed by atoms with E-state index in [0.717, 1.165) is 18.6 Å². The summed E-state index contributed by atoms with van der Waals surface area (Å²) in [5, 5.41) is 9.73. The molecule has 3 N–H and O–H groups in total. The highest BCUT2D eigenvalue weighted by atomic mass is 16.6. The zero-order chi connectivity index (χ0) is 13.0. The highest BCUT2D eigenvalue weighted by Crippen LogP contribution is 2.31. The lowest BCUT2D eigenvalue weighted by molar-refractivity contribution is 0.138. The average molecular weight is 253 g/mol. The van der Waals surface area contributed by atoms with Crippen molar-refractivity contribution in [1.29, 1.82) is 0 Å². The molecule has 1 aromatic carbocycles. The summed E-state index contributed by atoms with van der Waals surface area (Å²) in [7, 11) is 1.59. The largest absolute Gasteiger partial charge is 0.493 e. The summed E-state index contributed by atoms with van der Waals surface area (Å²) in [6.07, 6.45) is 0.231. The SMILES string of the molecule is COc1ccc(C(O)CN)cc1OC1CCOC1. The van der Waals surface area contributed by atoms with Crippen LogP contribution in [0.1, 0.15) is 18.1 Å². The normalized spacial score (nSPS) is 20.7. The lowest BCUT2D eigenvalue weighted by Crippen LogP contribution is -2.17. The predicted octanol–water partition coefficient (Wildman–Crippen LogP) is 0.855. The minimum atomic E-state index is -0.682. The number of hydrogen-bond donors (Lipinski definition) is 2. The third kappa shape index (κ3) is 2.93. The van der Waals surface area contributed by atoms with E-state index in [1.54, 1.807) is 25.3 Å². The van der Waals surface area contributed by atoms with Crippen molar-refractivity contribution in [3.8, 4) is 11.5 Å². The van der Waals surface area contributed by atoms with Crippen molar-refractivity contribution in [2.75, 3.05) is 26.9 Å². The first-order valence-corrected chi connectivity index (χ1v) is 6.05. The first-order valence-electron chi connectivity index (χ1n) is 6.05. The topological polar surface area (TPSA) is 73.9 Å². The molecule has 5 nitrogen and oxygen atoms in total. The Morgan fingerprint density at radius 1 is 1.50 bits per heavy atom. The van der Waals surface area contributed by atoms with Gasteiger partial charge in [0.15, 0.2) is 11.5 Å². The number of hydrogen-bond acceptors (Lipinski definition) is 5. The van der Waals surface area contributed by atoms with Gasteiger partial charge in [0.1, 0.15) is 6.10 Å². The maximum absolute atomic E-state index is 9.73. The first kappa shape index (κ1) is 13.1. The third-order valence-electron chi connectivity index (χ3n) is 2.98. The van der Waals surface area contributed by atoms with Crippen molar-refractivity contribution in [3.63, 3.8) is 0 Å². The van der Waals surface area contributed by atoms with Crippen LogP contribution >= 0.6 is 0 Å². The van der Waals surface area contributed by atoms with Crippen molar-refractivity contribution in [2.45, 2.75) is 18.6 Å². The fraction of sp³-hybridized carbons (Fsp3) is 0.538. The van der Waals surface area contributed by atoms with Gasteiger partial charge in [-0.05, 0) is 17.7 Å². The average Bonchev–Trinajstić information content (AvgIpc) is 2.90. The highest BCUT2D eigenvalue weighted by Gasteiger charge is 2.20. The Balaban J connectivity index is 2.18. The van der Waals surface area contributed by atoms with Crippen LogP contribution in [-0.2, 0) is 4.74 Å². The Labute approximate surface area is 106 Å². The molecule has 2 unspecified atom stereocenters. The van der Waals surface area contributed by atoms with Gasteiger partial charge in [-0.25, -0.2) is 0 Å². The quantitative estimate of drug-likeness (QED) is 0.814. The number of benzene rings is 1. The van der Waals surface area contributed by atoms with Crippen LogP contribution in [0.2, 0.25) is 0 Å². The number of aliphatic hydroxyl groups is 1. The molecule has 5 heteroatoms. The van der Waals surface area contributed by atoms with E-state index in [0.29, 0.717) is 18.1 Å². The molecule has 0 saturated carbocycles. The fourth-order valence-corrected chi connectivity index (χ4v) is 1.91. The fourth-order valence-electron chi connectivity index (χ4n) is 1.91. The molecule has 1 fully saturated rings. The molecule has 0 bridgehead atoms. The Bertz CT molecular complexity index is 391. The minimum Gasteiger partial charge on any atom is -0.493 e. The molecule has 1 saturated heterocycles. The second-order valence-electron chi connectivity index (χ2n) is 4.27. The minimum absolute atomic E-state index is 0.0455. The van der Waals surface area contributed by atoms with Crippen molar-refractivity contribution in [3.05, 3.63) is 23.8 Å². The van der Waals surface area contributed by atoms with Gasteiger partial charge in [0.25, 0.3) is 0 Å². The van der Waals surface area contributed by atoms with Crippen LogP contribution < -0.4 is 15.2 Å². The van der Waals surface area contributed by atoms with Gasteiger partial charge in [0, 0.05) is 13.0 Å². The summed E-state index contributed by atoms with van der Waals surface area (Å²) in [5.74, 6) is 1.27. The Morgan fingerprint density at radius 3 is 2.94 bits per heavy atom. The summed E-state index contributed by atoms with van der Waals surface area (Å²) in [5.41, 5.74) is 6.18. The molecule has 0 amide bonds. The molecule has 18 heavy (non-hydrogen) atoms. The third-order valence-corrected chi connectivity index (χ3v) is 2.98. The van der Waals surface area contributed by atoms with E-state index in [1.165, 1.54) is 0 Å². The summed E-state index contributed by atoms with van der Waals surface area (Å²) in [6.45, 7) is 1.49. The number of ether oxygens (including phenoxy) is 3. The van der Waals surface area contributed by atoms with Crippen LogP contribution in [0.3, 0.4) is 0 Å². The predicted molar refractivity (Wildman–Crippen MR) is 66.9 cm³/mol. The molecular weight excluding hydrogens is 234 g/mol. The Kier molecular flexibility index (Phi) is 4.41. The first-order chi connectivity index (χ1) is 8.74. The molecule has 2 rings (SSSR count). The summed E-state index contributed by atoms with van der Waals surface area (Å²) >= 11 is 0. The number of methoxy groups -OCH3 is 1. The summed E-state index contributed by atoms with van der Waals surface area (Å²) in [6, 6.07) is 5.34. The molecule has 1 aromatic rings. The Morgan fingerprint density at radius 2 is 2.33 bits per heavy atom. The molecule has 100 valence electrons. The van der Waals surface area contributed by atoms with E-state index in [4.69, 9.17) is 19.9 Å². The van der Waals surface area contributed by atoms with Gasteiger partial charge in [-0.3, -0.25) is 0 Å². The maximum Gasteiger partial charge on any atom is 0.162 e. The van der Waals surface area contributed by atoms with Gasteiger partial charge < -0.3 is 25.1 Å². The van der Waals surface area contributed by atoms with Gasteiger partial charge in [-0.2, -0.15) is 0 Å². The van der Waals surface area contributed by atoms with Crippen molar-refractivity contribution in [1.82, 2.24) is 0 Å². The molecule has 0 aliphatic carbocycles. The number of aliphatic hydroxyl groups excluding tert-OH is 1. The highest BCUT2D eigenvalue weighted by molar-refractivity contribution is 5.43. The maximum atomic E-state index is 9.73. The van der Waals surface area contributed by atoms with E-state index in [-0.39, 0.29) is 12.6 Å². The molecule has 0 aromatic heterocycles. The van der Waals surface area contributed by atoms with Crippen LogP contribution in [0.4, 0.5) is 0 Å². The van der Waals surface area contributed by atoms with Gasteiger partial charge in [-0.15, -0.1) is 0 Å². The molecule has 1 aliphatic rings. The van der Waals surface area contributed by atoms with Gasteiger partial charge in [-0.1, -0.05) is 6.07 Å². The van der Waals surface area contributed by atoms with Crippen molar-refractivity contribution < 1.29 is 19.3 Å². The zero-order valence-electron chi connectivity index (χ0n) is 10.5. The van der Waals surface area contributed by atoms with Gasteiger partial charge in [0.2, 0.25) is 0 Å². The van der Waals surface area contributed by atoms with Crippen LogP contribution in [-0.4, -0.2) is 38.1 Å². The van der Waals surface area contributed by atoms with Crippen molar-refractivity contribution in [2.24, 2.45) is 5.73 Å². The molecular formula is C13H19NO4. The monoisotopic (exact) mass is 253 g/mol. The number of rotatable bonds is 5. The van der Waals surface area contributed by atoms with Crippen LogP contribution in [0, 0.1) is 0 Å². The van der Waals surface area contributed by atoms with Gasteiger partial charge >= 0.3 is 0 Å². The van der Waals surface area contributed by atoms with E-state index in [1.807, 2.05) is 0 Å². The van der Waals surface area contributed by atoms with Crippen LogP contribution in [0.15, 0.2) is 18.2 Å². The second kappa shape index (κ2) is 6.04. The lowest BCUT2D eigenvalue weighted by Gasteiger charge is -2.17. The zero-order valence-corrected chi connectivity index (χ0v) is 10.5. The lowest BCUT2D eigenvalue weighted by atomic mass is 10.1. The Hall–Kier alpha value is -1.30. The van der Waals surface area contributed by atoms with E-state index in [2.05, 4.69) is 0 Å². The molecule has 2 atom stereocenters. The van der Waals surface area contributed by atoms with E-state index in [9.17, 15) is 5.11 Å². The summed E-state index contributed by atoms with van der Waals surface area (Å²) < 4.78 is 16.3. The van der Waals surface area contributed by atoms with Crippen LogP contribution in [0.25, 0.3) is 0 Å². The summed E-state index contributed by atoms with van der Waals surface area (Å²) in [4.78, 5) is 0. The molecule has 0 radical (unpaired) electrons. The van der Waals surface area contributed by atoms with E-state index >= 15 is 0 Å². The van der Waals surface area contributed by atoms with Gasteiger partial charge in [0.05, 0.1) is 26.4 Å². The smallest absolute Gasteiger partial charge is 0.162 e. The van der Waals surface area contributed by atoms with Crippen LogP contribution in [0.5, 0.6) is 11.5 Å². The van der Waals surface area contributed by atoms with Crippen molar-refractivity contribution >= 4 is 0 Å². The molecule has 0 spiro atoms. The molecule has 1 heterocycles. The second-order valence-corrected chi connectivity index (χ2v) is 4.27. The van der Waals surface area contributed by atoms with E-state index < -0.39 is 6.10 Å². The number of nitrogens with two attached hydrogens (primary N) is 1. The molecule has 1 aliphatic heterocycles.